The maximum atomic E-state index is 12.0. The van der Waals surface area contributed by atoms with E-state index in [1.165, 1.54) is 17.5 Å². The van der Waals surface area contributed by atoms with Crippen molar-refractivity contribution < 1.29 is 19.1 Å². The molecule has 1 amide bonds. The summed E-state index contributed by atoms with van der Waals surface area (Å²) in [5.41, 5.74) is 0.279. The van der Waals surface area contributed by atoms with Crippen LogP contribution in [0.1, 0.15) is 34.0 Å². The van der Waals surface area contributed by atoms with Crippen LogP contribution in [-0.2, 0) is 4.74 Å². The van der Waals surface area contributed by atoms with Crippen LogP contribution < -0.4 is 10.1 Å². The molecule has 0 fully saturated rings. The zero-order valence-electron chi connectivity index (χ0n) is 14.6. The molecule has 6 nitrogen and oxygen atoms in total. The highest BCUT2D eigenvalue weighted by Crippen LogP contribution is 2.31. The van der Waals surface area contributed by atoms with Gasteiger partial charge in [0, 0.05) is 24.0 Å². The van der Waals surface area contributed by atoms with Gasteiger partial charge in [0.15, 0.2) is 0 Å². The molecule has 3 rings (SSSR count). The average molecular weight is 370 g/mol. The fourth-order valence-electron chi connectivity index (χ4n) is 2.31. The third kappa shape index (κ3) is 4.00. The summed E-state index contributed by atoms with van der Waals surface area (Å²) in [6.07, 6.45) is 1.36. The van der Waals surface area contributed by atoms with Crippen LogP contribution in [0, 0.1) is 0 Å². The van der Waals surface area contributed by atoms with Crippen LogP contribution in [0.25, 0.3) is 10.1 Å². The van der Waals surface area contributed by atoms with Crippen LogP contribution in [0.3, 0.4) is 0 Å². The maximum Gasteiger partial charge on any atom is 0.348 e. The van der Waals surface area contributed by atoms with E-state index < -0.39 is 0 Å². The number of carbonyl (C=O) groups excluding carboxylic acids is 2. The number of hydrogen-bond acceptors (Lipinski definition) is 6. The quantitative estimate of drug-likeness (QED) is 0.687. The number of amides is 1. The second-order valence-corrected chi connectivity index (χ2v) is 6.91. The van der Waals surface area contributed by atoms with E-state index in [-0.39, 0.29) is 23.7 Å². The highest BCUT2D eigenvalue weighted by atomic mass is 32.1. The van der Waals surface area contributed by atoms with E-state index in [1.54, 1.807) is 19.2 Å². The molecule has 0 spiro atoms. The first-order chi connectivity index (χ1) is 12.5. The molecule has 0 atom stereocenters. The summed E-state index contributed by atoms with van der Waals surface area (Å²) in [6, 6.07) is 10.6. The third-order valence-corrected chi connectivity index (χ3v) is 4.54. The number of fused-ring (bicyclic) bond motifs is 1. The van der Waals surface area contributed by atoms with Gasteiger partial charge in [-0.2, -0.15) is 0 Å². The molecule has 26 heavy (non-hydrogen) atoms. The molecule has 2 heterocycles. The van der Waals surface area contributed by atoms with Crippen molar-refractivity contribution in [2.45, 2.75) is 20.0 Å². The van der Waals surface area contributed by atoms with Gasteiger partial charge in [0.1, 0.15) is 22.1 Å². The number of thiophene rings is 1. The summed E-state index contributed by atoms with van der Waals surface area (Å²) in [7, 11) is 1.55. The molecular formula is C19H18N2O4S. The first kappa shape index (κ1) is 17.9. The molecule has 1 aromatic carbocycles. The van der Waals surface area contributed by atoms with Crippen molar-refractivity contribution in [1.82, 2.24) is 10.3 Å². The van der Waals surface area contributed by atoms with Gasteiger partial charge in [0.05, 0.1) is 6.10 Å². The van der Waals surface area contributed by atoms with Crippen LogP contribution in [0.4, 0.5) is 0 Å². The largest absolute Gasteiger partial charge is 0.459 e. The predicted molar refractivity (Wildman–Crippen MR) is 100 cm³/mol. The van der Waals surface area contributed by atoms with Gasteiger partial charge in [-0.25, -0.2) is 4.79 Å². The topological polar surface area (TPSA) is 77.5 Å². The maximum absolute atomic E-state index is 12.0. The van der Waals surface area contributed by atoms with E-state index in [0.717, 1.165) is 10.1 Å². The Morgan fingerprint density at radius 2 is 1.88 bits per heavy atom. The fourth-order valence-corrected chi connectivity index (χ4v) is 3.28. The number of nitrogens with one attached hydrogen (secondary N) is 1. The van der Waals surface area contributed by atoms with Crippen molar-refractivity contribution in [2.75, 3.05) is 7.05 Å². The van der Waals surface area contributed by atoms with Crippen LogP contribution in [0.5, 0.6) is 11.5 Å². The number of benzene rings is 1. The Hall–Kier alpha value is -2.93. The number of nitrogens with zero attached hydrogens (tertiary/aromatic N) is 1. The molecule has 3 aromatic rings. The zero-order chi connectivity index (χ0) is 18.7. The normalized spacial score (nSPS) is 10.8. The first-order valence-electron chi connectivity index (χ1n) is 8.07. The van der Waals surface area contributed by atoms with Gasteiger partial charge in [-0.15, -0.1) is 11.3 Å². The minimum atomic E-state index is -0.326. The molecular weight excluding hydrogens is 352 g/mol. The SMILES string of the molecule is CNC(=O)c1cc(Oc2ccc3cc(C(=O)OC(C)C)sc3c2)ccn1. The molecule has 0 aliphatic rings. The van der Waals surface area contributed by atoms with Crippen LogP contribution in [0.2, 0.25) is 0 Å². The van der Waals surface area contributed by atoms with Crippen molar-refractivity contribution >= 4 is 33.3 Å². The van der Waals surface area contributed by atoms with E-state index in [0.29, 0.717) is 16.4 Å². The second-order valence-electron chi connectivity index (χ2n) is 5.82. The highest BCUT2D eigenvalue weighted by molar-refractivity contribution is 7.20. The Morgan fingerprint density at radius 1 is 1.12 bits per heavy atom. The van der Waals surface area contributed by atoms with Gasteiger partial charge < -0.3 is 14.8 Å². The molecule has 134 valence electrons. The predicted octanol–water partition coefficient (Wildman–Crippen LogP) is 4.01. The Kier molecular flexibility index (Phi) is 5.18. The van der Waals surface area contributed by atoms with Crippen LogP contribution in [0.15, 0.2) is 42.6 Å². The van der Waals surface area contributed by atoms with E-state index in [9.17, 15) is 9.59 Å². The minimum Gasteiger partial charge on any atom is -0.459 e. The zero-order valence-corrected chi connectivity index (χ0v) is 15.4. The molecule has 0 unspecified atom stereocenters. The van der Waals surface area contributed by atoms with Gasteiger partial charge in [-0.3, -0.25) is 9.78 Å². The van der Waals surface area contributed by atoms with E-state index in [1.807, 2.05) is 38.1 Å². The lowest BCUT2D eigenvalue weighted by molar-refractivity contribution is 0.0384. The summed E-state index contributed by atoms with van der Waals surface area (Å²) >= 11 is 1.35. The van der Waals surface area contributed by atoms with Crippen molar-refractivity contribution in [3.63, 3.8) is 0 Å². The average Bonchev–Trinajstić information content (AvgIpc) is 3.04. The van der Waals surface area contributed by atoms with Crippen molar-refractivity contribution in [1.29, 1.82) is 0 Å². The first-order valence-corrected chi connectivity index (χ1v) is 8.88. The number of ether oxygens (including phenoxy) is 2. The molecule has 1 N–H and O–H groups in total. The number of pyridine rings is 1. The molecule has 2 aromatic heterocycles. The lowest BCUT2D eigenvalue weighted by Crippen LogP contribution is -2.18. The Labute approximate surface area is 154 Å². The number of hydrogen-bond donors (Lipinski definition) is 1. The van der Waals surface area contributed by atoms with Crippen molar-refractivity contribution in [3.05, 3.63) is 53.2 Å². The van der Waals surface area contributed by atoms with Crippen LogP contribution >= 0.6 is 11.3 Å². The summed E-state index contributed by atoms with van der Waals surface area (Å²) in [4.78, 5) is 28.3. The summed E-state index contributed by atoms with van der Waals surface area (Å²) in [5.74, 6) is 0.511. The lowest BCUT2D eigenvalue weighted by Gasteiger charge is -2.07. The van der Waals surface area contributed by atoms with E-state index >= 15 is 0 Å². The smallest absolute Gasteiger partial charge is 0.348 e. The number of aromatic nitrogens is 1. The third-order valence-electron chi connectivity index (χ3n) is 3.46. The lowest BCUT2D eigenvalue weighted by atomic mass is 10.2. The summed E-state index contributed by atoms with van der Waals surface area (Å²) < 4.78 is 12.0. The Bertz CT molecular complexity index is 965. The van der Waals surface area contributed by atoms with Gasteiger partial charge in [-0.05, 0) is 49.6 Å². The number of carbonyl (C=O) groups is 2. The molecule has 7 heteroatoms. The fraction of sp³-hybridized carbons (Fsp3) is 0.211. The van der Waals surface area contributed by atoms with Crippen molar-refractivity contribution in [2.24, 2.45) is 0 Å². The van der Waals surface area contributed by atoms with Crippen LogP contribution in [-0.4, -0.2) is 30.0 Å². The van der Waals surface area contributed by atoms with E-state index in [2.05, 4.69) is 10.3 Å². The standard InChI is InChI=1S/C19H18N2O4S/c1-11(2)24-19(23)17-8-12-4-5-13(10-16(12)26-17)25-14-6-7-21-15(9-14)18(22)20-3/h4-11H,1-3H3,(H,20,22). The number of esters is 1. The molecule has 0 radical (unpaired) electrons. The molecule has 0 aliphatic heterocycles. The number of rotatable bonds is 5. The Morgan fingerprint density at radius 3 is 2.62 bits per heavy atom. The van der Waals surface area contributed by atoms with Gasteiger partial charge in [0.2, 0.25) is 0 Å². The van der Waals surface area contributed by atoms with Gasteiger partial charge >= 0.3 is 5.97 Å². The highest BCUT2D eigenvalue weighted by Gasteiger charge is 2.14. The summed E-state index contributed by atoms with van der Waals surface area (Å²) in [5, 5.41) is 3.47. The minimum absolute atomic E-state index is 0.159. The molecule has 0 aliphatic carbocycles. The molecule has 0 bridgehead atoms. The van der Waals surface area contributed by atoms with E-state index in [4.69, 9.17) is 9.47 Å². The van der Waals surface area contributed by atoms with Gasteiger partial charge in [-0.1, -0.05) is 0 Å². The Balaban J connectivity index is 1.83. The summed E-state index contributed by atoms with van der Waals surface area (Å²) in [6.45, 7) is 3.64. The molecule has 0 saturated carbocycles. The monoisotopic (exact) mass is 370 g/mol. The van der Waals surface area contributed by atoms with Gasteiger partial charge in [0.25, 0.3) is 5.91 Å². The van der Waals surface area contributed by atoms with Crippen molar-refractivity contribution in [3.8, 4) is 11.5 Å². The second kappa shape index (κ2) is 7.53. The molecule has 0 saturated heterocycles.